The van der Waals surface area contributed by atoms with E-state index in [1.165, 1.54) is 0 Å². The molecule has 9 nitrogen and oxygen atoms in total. The summed E-state index contributed by atoms with van der Waals surface area (Å²) >= 11 is 0. The summed E-state index contributed by atoms with van der Waals surface area (Å²) in [7, 11) is -6.36. The van der Waals surface area contributed by atoms with Crippen molar-refractivity contribution in [3.8, 4) is 0 Å². The Bertz CT molecular complexity index is 50.0. The van der Waals surface area contributed by atoms with Crippen molar-refractivity contribution in [1.82, 2.24) is 0 Å². The second kappa shape index (κ2) is 24.2. The zero-order valence-corrected chi connectivity index (χ0v) is 11.1. The lowest BCUT2D eigenvalue weighted by atomic mass is 13.9. The molecule has 14 heavy (non-hydrogen) atoms. The molecule has 0 unspecified atom stereocenters. The average Bonchev–Trinajstić information content (AvgIpc) is 1.54. The molecule has 0 aromatic heterocycles. The highest BCUT2D eigenvalue weighted by Gasteiger charge is 1.73. The molecule has 0 atom stereocenters. The molecular formula is H12N3O6P5. The van der Waals surface area contributed by atoms with Crippen LogP contribution in [0.15, 0.2) is 0 Å². The van der Waals surface area contributed by atoms with Gasteiger partial charge in [-0.25, -0.2) is 0 Å². The van der Waals surface area contributed by atoms with Gasteiger partial charge < -0.3 is 29.4 Å². The van der Waals surface area contributed by atoms with E-state index in [0.29, 0.717) is 0 Å². The zero-order valence-electron chi connectivity index (χ0n) is 6.65. The Labute approximate surface area is 91.9 Å². The molecule has 0 aromatic rings. The molecule has 0 aliphatic carbocycles. The van der Waals surface area contributed by atoms with Crippen molar-refractivity contribution >= 4 is 45.4 Å². The van der Waals surface area contributed by atoms with Gasteiger partial charge in [-0.05, 0) is 0 Å². The van der Waals surface area contributed by atoms with E-state index in [1.54, 1.807) is 0 Å². The smallest absolute Gasteiger partial charge is 0.247 e. The van der Waals surface area contributed by atoms with Crippen LogP contribution in [0.25, 0.3) is 0 Å². The Kier molecular flexibility index (Phi) is 51.2. The lowest BCUT2D eigenvalue weighted by Crippen LogP contribution is -1.78. The number of hydrogen-bond donors (Lipinski definition) is 9. The third kappa shape index (κ3) is 704. The van der Waals surface area contributed by atoms with Gasteiger partial charge in [-0.2, -0.15) is 0 Å². The van der Waals surface area contributed by atoms with Gasteiger partial charge in [-0.3, -0.25) is 16.5 Å². The van der Waals surface area contributed by atoms with Crippen molar-refractivity contribution in [3.63, 3.8) is 0 Å². The summed E-state index contributed by atoms with van der Waals surface area (Å²) in [6.07, 6.45) is 0. The van der Waals surface area contributed by atoms with E-state index in [4.69, 9.17) is 29.4 Å². The van der Waals surface area contributed by atoms with Gasteiger partial charge in [0.2, 0.25) is 25.6 Å². The third-order valence-electron chi connectivity index (χ3n) is 0. The van der Waals surface area contributed by atoms with Gasteiger partial charge in [0.15, 0.2) is 0 Å². The summed E-state index contributed by atoms with van der Waals surface area (Å²) in [5.41, 5.74) is 12.9. The predicted octanol–water partition coefficient (Wildman–Crippen LogP) is -0.808. The third-order valence-corrected chi connectivity index (χ3v) is 0. The first-order chi connectivity index (χ1) is 5.20. The van der Waals surface area contributed by atoms with E-state index >= 15 is 0 Å². The Morgan fingerprint density at radius 1 is 0.500 bits per heavy atom. The number of rotatable bonds is 0. The first-order valence-electron chi connectivity index (χ1n) is 1.97. The monoisotopic (exact) mass is 305 g/mol. The number of nitrogens with two attached hydrogens (primary N) is 3. The minimum atomic E-state index is -2.12. The maximum atomic E-state index is 7.45. The molecule has 0 saturated carbocycles. The molecule has 0 spiro atoms. The van der Waals surface area contributed by atoms with Crippen molar-refractivity contribution in [2.45, 2.75) is 0 Å². The Morgan fingerprint density at radius 3 is 0.500 bits per heavy atom. The second-order valence-electron chi connectivity index (χ2n) is 0.961. The highest BCUT2D eigenvalue weighted by atomic mass is 31.2. The van der Waals surface area contributed by atoms with E-state index < -0.39 is 25.6 Å². The highest BCUT2D eigenvalue weighted by Crippen LogP contribution is 2.05. The molecular weight excluding hydrogens is 293 g/mol. The van der Waals surface area contributed by atoms with E-state index in [9.17, 15) is 0 Å². The molecule has 0 aromatic carbocycles. The lowest BCUT2D eigenvalue weighted by molar-refractivity contribution is 0.483. The molecule has 88 valence electrons. The standard InChI is InChI=1S/3H4NO2P.2P/c3*1-4(2)3;;/h3*2-3H,1H2;;. The minimum absolute atomic E-state index is 0. The topological polar surface area (TPSA) is 199 Å². The van der Waals surface area contributed by atoms with Crippen LogP contribution < -0.4 is 16.5 Å². The summed E-state index contributed by atoms with van der Waals surface area (Å²) in [6.45, 7) is 0. The van der Waals surface area contributed by atoms with Crippen LogP contribution >= 0.6 is 45.4 Å². The highest BCUT2D eigenvalue weighted by molar-refractivity contribution is 7.42. The van der Waals surface area contributed by atoms with E-state index in [-0.39, 0.29) is 19.8 Å². The molecule has 0 aliphatic heterocycles. The molecule has 0 heterocycles. The van der Waals surface area contributed by atoms with E-state index in [2.05, 4.69) is 16.5 Å². The Hall–Kier alpha value is 1.79. The van der Waals surface area contributed by atoms with Crippen LogP contribution in [0.4, 0.5) is 0 Å². The van der Waals surface area contributed by atoms with Crippen LogP contribution in [0.2, 0.25) is 0 Å². The maximum Gasteiger partial charge on any atom is 0.247 e. The molecule has 6 radical (unpaired) electrons. The minimum Gasteiger partial charge on any atom is -0.338 e. The summed E-state index contributed by atoms with van der Waals surface area (Å²) in [5, 5.41) is 0. The summed E-state index contributed by atoms with van der Waals surface area (Å²) in [5.74, 6) is 0. The molecule has 14 heteroatoms. The van der Waals surface area contributed by atoms with Crippen LogP contribution in [0, 0.1) is 0 Å². The van der Waals surface area contributed by atoms with Gasteiger partial charge in [-0.1, -0.05) is 0 Å². The normalized spacial score (nSPS) is 7.71. The molecule has 12 N–H and O–H groups in total. The van der Waals surface area contributed by atoms with Crippen molar-refractivity contribution in [3.05, 3.63) is 0 Å². The van der Waals surface area contributed by atoms with Gasteiger partial charge in [0.1, 0.15) is 0 Å². The zero-order chi connectivity index (χ0) is 10.7. The first kappa shape index (κ1) is 29.7. The van der Waals surface area contributed by atoms with Gasteiger partial charge in [-0.15, -0.1) is 0 Å². The largest absolute Gasteiger partial charge is 0.338 e. The van der Waals surface area contributed by atoms with Crippen LogP contribution in [0.5, 0.6) is 0 Å². The van der Waals surface area contributed by atoms with Crippen molar-refractivity contribution in [1.29, 1.82) is 0 Å². The van der Waals surface area contributed by atoms with Gasteiger partial charge in [0.05, 0.1) is 0 Å². The van der Waals surface area contributed by atoms with Crippen LogP contribution in [-0.2, 0) is 0 Å². The van der Waals surface area contributed by atoms with E-state index in [0.717, 1.165) is 0 Å². The summed E-state index contributed by atoms with van der Waals surface area (Å²) < 4.78 is 0. The van der Waals surface area contributed by atoms with Crippen molar-refractivity contribution < 1.29 is 29.4 Å². The molecule has 0 aliphatic rings. The maximum absolute atomic E-state index is 7.45. The second-order valence-corrected chi connectivity index (χ2v) is 2.88. The van der Waals surface area contributed by atoms with E-state index in [1.807, 2.05) is 0 Å². The van der Waals surface area contributed by atoms with Crippen LogP contribution in [-0.4, -0.2) is 29.4 Å². The Morgan fingerprint density at radius 2 is 0.500 bits per heavy atom. The summed E-state index contributed by atoms with van der Waals surface area (Å²) in [4.78, 5) is 44.7. The molecule has 0 bridgehead atoms. The lowest BCUT2D eigenvalue weighted by Gasteiger charge is -1.79. The van der Waals surface area contributed by atoms with Gasteiger partial charge >= 0.3 is 0 Å². The van der Waals surface area contributed by atoms with Gasteiger partial charge in [0.25, 0.3) is 0 Å². The fourth-order valence-corrected chi connectivity index (χ4v) is 0. The predicted molar refractivity (Wildman–Crippen MR) is 60.5 cm³/mol. The van der Waals surface area contributed by atoms with Crippen molar-refractivity contribution in [2.24, 2.45) is 16.5 Å². The molecule has 0 rings (SSSR count). The fraction of sp³-hybridized carbons (Fsp3) is 0. The molecule has 0 saturated heterocycles. The quantitative estimate of drug-likeness (QED) is 0.257. The number of hydrogen-bond acceptors (Lipinski definition) is 9. The SMILES string of the molecule is NP(O)O.NP(O)O.NP(O)O.[P].[P]. The van der Waals surface area contributed by atoms with Crippen LogP contribution in [0.1, 0.15) is 0 Å². The average molecular weight is 305 g/mol. The van der Waals surface area contributed by atoms with Crippen molar-refractivity contribution in [2.75, 3.05) is 0 Å². The molecule has 0 fully saturated rings. The summed E-state index contributed by atoms with van der Waals surface area (Å²) in [6, 6.07) is 0. The van der Waals surface area contributed by atoms with Crippen LogP contribution in [0.3, 0.4) is 0 Å². The molecule has 0 amide bonds. The van der Waals surface area contributed by atoms with Gasteiger partial charge in [0, 0.05) is 19.8 Å². The first-order valence-corrected chi connectivity index (χ1v) is 5.92. The fourth-order valence-electron chi connectivity index (χ4n) is 0. The Balaban J connectivity index is -0.0000000270.